The summed E-state index contributed by atoms with van der Waals surface area (Å²) in [4.78, 5) is 25.7. The van der Waals surface area contributed by atoms with Crippen molar-refractivity contribution in [2.24, 2.45) is 35.0 Å². The molecule has 4 aliphatic rings. The van der Waals surface area contributed by atoms with Crippen molar-refractivity contribution < 1.29 is 14.7 Å². The van der Waals surface area contributed by atoms with Crippen LogP contribution in [0.15, 0.2) is 23.3 Å². The van der Waals surface area contributed by atoms with Gasteiger partial charge in [0.25, 0.3) is 0 Å². The Labute approximate surface area is 137 Å². The maximum atomic E-state index is 12.9. The highest BCUT2D eigenvalue weighted by molar-refractivity contribution is 6.16. The van der Waals surface area contributed by atoms with E-state index in [1.165, 1.54) is 0 Å². The molecule has 4 unspecified atom stereocenters. The van der Waals surface area contributed by atoms with Crippen molar-refractivity contribution in [3.8, 4) is 0 Å². The van der Waals surface area contributed by atoms with Gasteiger partial charge in [0.2, 0.25) is 0 Å². The van der Waals surface area contributed by atoms with Crippen molar-refractivity contribution in [1.29, 1.82) is 0 Å². The summed E-state index contributed by atoms with van der Waals surface area (Å²) in [6.45, 7) is 12.4. The third-order valence-corrected chi connectivity index (χ3v) is 7.33. The van der Waals surface area contributed by atoms with Gasteiger partial charge in [-0.15, -0.1) is 0 Å². The van der Waals surface area contributed by atoms with Crippen LogP contribution in [0.1, 0.15) is 47.0 Å². The predicted octanol–water partition coefficient (Wildman–Crippen LogP) is 3.08. The van der Waals surface area contributed by atoms with E-state index in [2.05, 4.69) is 20.4 Å². The standard InChI is InChI=1S/C20H26O3/c1-9-6-7-12-16(19(12,3)4)14-10(2)17(21)11-8-20(5,23)18(22)15(11)13(9)14/h10,12-14,16,23H,1,6-8H2,2-5H3/t10-,12?,13?,14?,16?,20+/m0/s1. The predicted molar refractivity (Wildman–Crippen MR) is 87.6 cm³/mol. The molecule has 3 nitrogen and oxygen atoms in total. The van der Waals surface area contributed by atoms with E-state index < -0.39 is 5.60 Å². The second-order valence-corrected chi connectivity index (χ2v) is 9.03. The summed E-state index contributed by atoms with van der Waals surface area (Å²) in [6.07, 6.45) is 2.22. The first-order valence-corrected chi connectivity index (χ1v) is 8.81. The first-order valence-electron chi connectivity index (χ1n) is 8.81. The van der Waals surface area contributed by atoms with Crippen molar-refractivity contribution in [2.75, 3.05) is 0 Å². The van der Waals surface area contributed by atoms with E-state index in [1.807, 2.05) is 6.92 Å². The lowest BCUT2D eigenvalue weighted by Crippen LogP contribution is -2.39. The zero-order chi connectivity index (χ0) is 16.9. The summed E-state index contributed by atoms with van der Waals surface area (Å²) >= 11 is 0. The van der Waals surface area contributed by atoms with Crippen LogP contribution in [0.5, 0.6) is 0 Å². The smallest absolute Gasteiger partial charge is 0.191 e. The molecule has 2 saturated carbocycles. The number of carbonyl (C=O) groups excluding carboxylic acids is 2. The van der Waals surface area contributed by atoms with Gasteiger partial charge in [0.05, 0.1) is 0 Å². The molecule has 0 amide bonds. The summed E-state index contributed by atoms with van der Waals surface area (Å²) in [5.74, 6) is 1.03. The van der Waals surface area contributed by atoms with E-state index in [4.69, 9.17) is 0 Å². The molecular weight excluding hydrogens is 288 g/mol. The van der Waals surface area contributed by atoms with E-state index in [0.717, 1.165) is 18.4 Å². The van der Waals surface area contributed by atoms with Crippen LogP contribution in [0.25, 0.3) is 0 Å². The van der Waals surface area contributed by atoms with Crippen molar-refractivity contribution >= 4 is 11.6 Å². The molecular formula is C20H26O3. The zero-order valence-corrected chi connectivity index (χ0v) is 14.5. The molecule has 2 fully saturated rings. The fourth-order valence-corrected chi connectivity index (χ4v) is 6.02. The van der Waals surface area contributed by atoms with E-state index in [1.54, 1.807) is 6.92 Å². The molecule has 0 aliphatic heterocycles. The van der Waals surface area contributed by atoms with E-state index in [0.29, 0.717) is 23.0 Å². The Morgan fingerprint density at radius 3 is 2.52 bits per heavy atom. The van der Waals surface area contributed by atoms with Crippen LogP contribution >= 0.6 is 0 Å². The minimum Gasteiger partial charge on any atom is -0.382 e. The second kappa shape index (κ2) is 4.24. The lowest BCUT2D eigenvalue weighted by Gasteiger charge is -2.38. The third kappa shape index (κ3) is 1.75. The average molecular weight is 314 g/mol. The van der Waals surface area contributed by atoms with Gasteiger partial charge >= 0.3 is 0 Å². The molecule has 4 aliphatic carbocycles. The van der Waals surface area contributed by atoms with Gasteiger partial charge in [0.15, 0.2) is 11.6 Å². The molecule has 0 heterocycles. The third-order valence-electron chi connectivity index (χ3n) is 7.33. The number of hydrogen-bond acceptors (Lipinski definition) is 3. The van der Waals surface area contributed by atoms with E-state index in [9.17, 15) is 14.7 Å². The topological polar surface area (TPSA) is 54.4 Å². The minimum absolute atomic E-state index is 0.0315. The lowest BCUT2D eigenvalue weighted by molar-refractivity contribution is -0.130. The quantitative estimate of drug-likeness (QED) is 0.699. The molecule has 23 heavy (non-hydrogen) atoms. The number of rotatable bonds is 0. The summed E-state index contributed by atoms with van der Waals surface area (Å²) in [6, 6.07) is 0. The number of allylic oxidation sites excluding steroid dienone is 1. The van der Waals surface area contributed by atoms with Gasteiger partial charge in [-0.05, 0) is 42.9 Å². The summed E-state index contributed by atoms with van der Waals surface area (Å²) in [5, 5.41) is 10.5. The van der Waals surface area contributed by atoms with Crippen LogP contribution < -0.4 is 0 Å². The van der Waals surface area contributed by atoms with Gasteiger partial charge in [0.1, 0.15) is 5.60 Å². The molecule has 4 rings (SSSR count). The maximum absolute atomic E-state index is 12.9. The minimum atomic E-state index is -1.42. The Morgan fingerprint density at radius 1 is 1.22 bits per heavy atom. The van der Waals surface area contributed by atoms with Gasteiger partial charge in [0, 0.05) is 29.4 Å². The number of aliphatic hydroxyl groups is 1. The largest absolute Gasteiger partial charge is 0.382 e. The fraction of sp³-hybridized carbons (Fsp3) is 0.700. The van der Waals surface area contributed by atoms with Gasteiger partial charge < -0.3 is 5.11 Å². The molecule has 6 atom stereocenters. The highest BCUT2D eigenvalue weighted by Gasteiger charge is 2.67. The Kier molecular flexibility index (Phi) is 2.82. The van der Waals surface area contributed by atoms with Gasteiger partial charge in [-0.25, -0.2) is 0 Å². The van der Waals surface area contributed by atoms with E-state index >= 15 is 0 Å². The van der Waals surface area contributed by atoms with Crippen molar-refractivity contribution in [3.63, 3.8) is 0 Å². The highest BCUT2D eigenvalue weighted by atomic mass is 16.3. The zero-order valence-electron chi connectivity index (χ0n) is 14.5. The Bertz CT molecular complexity index is 679. The number of ketones is 2. The maximum Gasteiger partial charge on any atom is 0.191 e. The number of hydrogen-bond donors (Lipinski definition) is 1. The lowest BCUT2D eigenvalue weighted by atomic mass is 9.64. The molecule has 0 aromatic heterocycles. The van der Waals surface area contributed by atoms with Crippen LogP contribution in [0.2, 0.25) is 0 Å². The first-order chi connectivity index (χ1) is 10.6. The van der Waals surface area contributed by atoms with Crippen molar-refractivity contribution in [1.82, 2.24) is 0 Å². The second-order valence-electron chi connectivity index (χ2n) is 9.03. The molecule has 0 aromatic rings. The number of Topliss-reactive ketones (excluding diaryl/α,β-unsaturated/α-hetero) is 2. The van der Waals surface area contributed by atoms with E-state index in [-0.39, 0.29) is 41.2 Å². The Morgan fingerprint density at radius 2 is 1.87 bits per heavy atom. The number of fused-ring (bicyclic) bond motifs is 4. The molecule has 1 N–H and O–H groups in total. The van der Waals surface area contributed by atoms with Crippen LogP contribution in [-0.4, -0.2) is 22.3 Å². The van der Waals surface area contributed by atoms with Crippen LogP contribution in [-0.2, 0) is 9.59 Å². The van der Waals surface area contributed by atoms with Crippen molar-refractivity contribution in [2.45, 2.75) is 52.6 Å². The molecule has 0 saturated heterocycles. The molecule has 0 spiro atoms. The molecule has 0 radical (unpaired) electrons. The van der Waals surface area contributed by atoms with Crippen molar-refractivity contribution in [3.05, 3.63) is 23.3 Å². The average Bonchev–Trinajstić information content (AvgIpc) is 2.96. The van der Waals surface area contributed by atoms with Gasteiger partial charge in [-0.3, -0.25) is 9.59 Å². The summed E-state index contributed by atoms with van der Waals surface area (Å²) in [7, 11) is 0. The molecule has 124 valence electrons. The Hall–Kier alpha value is -1.22. The highest BCUT2D eigenvalue weighted by Crippen LogP contribution is 2.70. The molecule has 0 aromatic carbocycles. The normalized spacial score (nSPS) is 47.9. The summed E-state index contributed by atoms with van der Waals surface area (Å²) in [5.41, 5.74) is 1.12. The SMILES string of the molecule is C=C1CCC2C(C3C1C1=C(C[C@@](C)(O)C1=O)C(=O)[C@H]3C)C2(C)C. The summed E-state index contributed by atoms with van der Waals surface area (Å²) < 4.78 is 0. The first kappa shape index (κ1) is 15.3. The monoisotopic (exact) mass is 314 g/mol. The Balaban J connectivity index is 1.87. The van der Waals surface area contributed by atoms with Gasteiger partial charge in [-0.1, -0.05) is 32.9 Å². The van der Waals surface area contributed by atoms with Crippen LogP contribution in [0.4, 0.5) is 0 Å². The number of carbonyl (C=O) groups is 2. The molecule has 0 bridgehead atoms. The van der Waals surface area contributed by atoms with Crippen LogP contribution in [0, 0.1) is 35.0 Å². The fourth-order valence-electron chi connectivity index (χ4n) is 6.02. The van der Waals surface area contributed by atoms with Gasteiger partial charge in [-0.2, -0.15) is 0 Å². The van der Waals surface area contributed by atoms with Crippen LogP contribution in [0.3, 0.4) is 0 Å². The molecule has 3 heteroatoms.